The Hall–Kier alpha value is -1.45. The number of carbonyl (C=O) groups is 1. The second-order valence-corrected chi connectivity index (χ2v) is 12.1. The van der Waals surface area contributed by atoms with Crippen molar-refractivity contribution in [3.05, 3.63) is 29.8 Å². The van der Waals surface area contributed by atoms with Gasteiger partial charge in [-0.3, -0.25) is 4.79 Å². The Balaban J connectivity index is 2.11. The molecule has 2 rings (SSSR count). The third-order valence-corrected chi connectivity index (χ3v) is 8.99. The van der Waals surface area contributed by atoms with Gasteiger partial charge in [0.1, 0.15) is 5.25 Å². The van der Waals surface area contributed by atoms with Crippen LogP contribution in [0.3, 0.4) is 0 Å². The number of rotatable bonds is 7. The normalized spacial score (nSPS) is 17.9. The number of amides is 1. The summed E-state index contributed by atoms with van der Waals surface area (Å²) in [6, 6.07) is 5.87. The van der Waals surface area contributed by atoms with E-state index in [0.29, 0.717) is 5.56 Å². The Kier molecular flexibility index (Phi) is 7.64. The summed E-state index contributed by atoms with van der Waals surface area (Å²) < 4.78 is 51.0. The van der Waals surface area contributed by atoms with E-state index in [9.17, 15) is 21.6 Å². The maximum Gasteiger partial charge on any atom is 0.242 e. The van der Waals surface area contributed by atoms with Gasteiger partial charge in [0.05, 0.1) is 10.6 Å². The highest BCUT2D eigenvalue weighted by Crippen LogP contribution is 2.20. The van der Waals surface area contributed by atoms with E-state index in [1.165, 1.54) is 39.2 Å². The Labute approximate surface area is 168 Å². The Morgan fingerprint density at radius 3 is 2.29 bits per heavy atom. The van der Waals surface area contributed by atoms with Crippen molar-refractivity contribution in [3.63, 3.8) is 0 Å². The molecule has 0 saturated heterocycles. The summed E-state index contributed by atoms with van der Waals surface area (Å²) in [5.74, 6) is -0.868. The molecule has 1 aromatic rings. The van der Waals surface area contributed by atoms with E-state index in [-0.39, 0.29) is 16.7 Å². The van der Waals surface area contributed by atoms with Crippen molar-refractivity contribution in [2.75, 3.05) is 14.1 Å². The first-order valence-electron chi connectivity index (χ1n) is 9.57. The molecule has 1 saturated carbocycles. The van der Waals surface area contributed by atoms with Gasteiger partial charge in [0, 0.05) is 20.1 Å². The number of nitrogens with one attached hydrogen (secondary N) is 1. The predicted octanol–water partition coefficient (Wildman–Crippen LogP) is 2.08. The van der Waals surface area contributed by atoms with Gasteiger partial charge in [0.25, 0.3) is 0 Å². The van der Waals surface area contributed by atoms with Gasteiger partial charge in [-0.1, -0.05) is 37.8 Å². The Morgan fingerprint density at radius 2 is 1.71 bits per heavy atom. The summed E-state index contributed by atoms with van der Waals surface area (Å²) in [4.78, 5) is 12.5. The van der Waals surface area contributed by atoms with E-state index in [2.05, 4.69) is 5.32 Å². The van der Waals surface area contributed by atoms with Crippen molar-refractivity contribution in [2.45, 2.75) is 67.4 Å². The zero-order valence-corrected chi connectivity index (χ0v) is 18.4. The van der Waals surface area contributed by atoms with Crippen LogP contribution in [0.25, 0.3) is 0 Å². The van der Waals surface area contributed by atoms with E-state index in [1.54, 1.807) is 6.07 Å². The van der Waals surface area contributed by atoms with Gasteiger partial charge in [-0.05, 0) is 37.5 Å². The van der Waals surface area contributed by atoms with Gasteiger partial charge in [-0.25, -0.2) is 21.1 Å². The molecule has 1 aliphatic rings. The fourth-order valence-electron chi connectivity index (χ4n) is 3.27. The van der Waals surface area contributed by atoms with Crippen molar-refractivity contribution < 1.29 is 21.6 Å². The van der Waals surface area contributed by atoms with E-state index in [0.717, 1.165) is 42.8 Å². The fourth-order valence-corrected chi connectivity index (χ4v) is 5.53. The molecular formula is C19H30N2O5S2. The van der Waals surface area contributed by atoms with Gasteiger partial charge >= 0.3 is 0 Å². The molecule has 0 aliphatic heterocycles. The smallest absolute Gasteiger partial charge is 0.242 e. The SMILES string of the molecule is CC(C(=O)NC1CCCCCC1)S(=O)(=O)Cc1cccc(S(=O)(=O)N(C)C)c1. The lowest BCUT2D eigenvalue weighted by molar-refractivity contribution is -0.121. The summed E-state index contributed by atoms with van der Waals surface area (Å²) in [5, 5.41) is 1.69. The van der Waals surface area contributed by atoms with E-state index >= 15 is 0 Å². The molecule has 1 atom stereocenters. The maximum absolute atomic E-state index is 12.7. The van der Waals surface area contributed by atoms with Crippen LogP contribution in [0.2, 0.25) is 0 Å². The monoisotopic (exact) mass is 430 g/mol. The molecular weight excluding hydrogens is 400 g/mol. The molecule has 1 fully saturated rings. The highest BCUT2D eigenvalue weighted by atomic mass is 32.2. The summed E-state index contributed by atoms with van der Waals surface area (Å²) in [5.41, 5.74) is 0.344. The van der Waals surface area contributed by atoms with Gasteiger partial charge in [0.15, 0.2) is 9.84 Å². The molecule has 0 radical (unpaired) electrons. The average molecular weight is 431 g/mol. The zero-order valence-electron chi connectivity index (χ0n) is 16.7. The molecule has 0 heterocycles. The number of sulfone groups is 1. The first-order chi connectivity index (χ1) is 13.0. The quantitative estimate of drug-likeness (QED) is 0.668. The Bertz CT molecular complexity index is 887. The van der Waals surface area contributed by atoms with Crippen LogP contribution in [0.4, 0.5) is 0 Å². The molecule has 1 aliphatic carbocycles. The number of hydrogen-bond acceptors (Lipinski definition) is 5. The minimum atomic E-state index is -3.78. The number of carbonyl (C=O) groups excluding carboxylic acids is 1. The second kappa shape index (κ2) is 9.37. The summed E-state index contributed by atoms with van der Waals surface area (Å²) >= 11 is 0. The molecule has 0 aromatic heterocycles. The van der Waals surface area contributed by atoms with Crippen LogP contribution in [-0.4, -0.2) is 52.4 Å². The number of nitrogens with zero attached hydrogens (tertiary/aromatic N) is 1. The van der Waals surface area contributed by atoms with Crippen molar-refractivity contribution in [3.8, 4) is 0 Å². The number of benzene rings is 1. The van der Waals surface area contributed by atoms with Crippen LogP contribution in [0, 0.1) is 0 Å². The standard InChI is InChI=1S/C19H30N2O5S2/c1-15(19(22)20-17-10-6-4-5-7-11-17)27(23,24)14-16-9-8-12-18(13-16)28(25,26)21(2)3/h8-9,12-13,15,17H,4-7,10-11,14H2,1-3H3,(H,20,22). The lowest BCUT2D eigenvalue weighted by Crippen LogP contribution is -2.43. The van der Waals surface area contributed by atoms with E-state index in [4.69, 9.17) is 0 Å². The minimum absolute atomic E-state index is 0.0285. The third kappa shape index (κ3) is 5.78. The second-order valence-electron chi connectivity index (χ2n) is 7.58. The lowest BCUT2D eigenvalue weighted by Gasteiger charge is -2.20. The van der Waals surface area contributed by atoms with Gasteiger partial charge < -0.3 is 5.32 Å². The highest BCUT2D eigenvalue weighted by molar-refractivity contribution is 7.92. The summed E-state index contributed by atoms with van der Waals surface area (Å²) in [7, 11) is -4.60. The van der Waals surface area contributed by atoms with E-state index in [1.807, 2.05) is 0 Å². The molecule has 9 heteroatoms. The molecule has 1 amide bonds. The predicted molar refractivity (Wildman–Crippen MR) is 109 cm³/mol. The number of sulfonamides is 1. The lowest BCUT2D eigenvalue weighted by atomic mass is 10.1. The largest absolute Gasteiger partial charge is 0.352 e. The molecule has 0 bridgehead atoms. The molecule has 158 valence electrons. The zero-order chi connectivity index (χ0) is 20.9. The average Bonchev–Trinajstić information content (AvgIpc) is 2.89. The van der Waals surface area contributed by atoms with E-state index < -0.39 is 31.0 Å². The maximum atomic E-state index is 12.7. The van der Waals surface area contributed by atoms with Crippen molar-refractivity contribution >= 4 is 25.8 Å². The highest BCUT2D eigenvalue weighted by Gasteiger charge is 2.30. The van der Waals surface area contributed by atoms with Crippen LogP contribution >= 0.6 is 0 Å². The molecule has 1 aromatic carbocycles. The molecule has 1 unspecified atom stereocenters. The summed E-state index contributed by atoms with van der Waals surface area (Å²) in [6.45, 7) is 1.39. The molecule has 1 N–H and O–H groups in total. The number of hydrogen-bond donors (Lipinski definition) is 1. The van der Waals surface area contributed by atoms with Crippen LogP contribution in [0.5, 0.6) is 0 Å². The van der Waals surface area contributed by atoms with Crippen LogP contribution in [0.15, 0.2) is 29.2 Å². The van der Waals surface area contributed by atoms with Gasteiger partial charge in [0.2, 0.25) is 15.9 Å². The van der Waals surface area contributed by atoms with Crippen LogP contribution < -0.4 is 5.32 Å². The van der Waals surface area contributed by atoms with Crippen LogP contribution in [-0.2, 0) is 30.4 Å². The summed E-state index contributed by atoms with van der Waals surface area (Å²) in [6.07, 6.45) is 6.13. The van der Waals surface area contributed by atoms with Gasteiger partial charge in [-0.2, -0.15) is 0 Å². The first kappa shape index (κ1) is 22.8. The van der Waals surface area contributed by atoms with Crippen LogP contribution in [0.1, 0.15) is 51.0 Å². The van der Waals surface area contributed by atoms with Gasteiger partial charge in [-0.15, -0.1) is 0 Å². The topological polar surface area (TPSA) is 101 Å². The fraction of sp³-hybridized carbons (Fsp3) is 0.632. The minimum Gasteiger partial charge on any atom is -0.352 e. The van der Waals surface area contributed by atoms with Crippen molar-refractivity contribution in [2.24, 2.45) is 0 Å². The molecule has 28 heavy (non-hydrogen) atoms. The molecule has 0 spiro atoms. The Morgan fingerprint density at radius 1 is 1.11 bits per heavy atom. The third-order valence-electron chi connectivity index (χ3n) is 5.15. The van der Waals surface area contributed by atoms with Crippen molar-refractivity contribution in [1.29, 1.82) is 0 Å². The van der Waals surface area contributed by atoms with Crippen molar-refractivity contribution in [1.82, 2.24) is 9.62 Å². The molecule has 7 nitrogen and oxygen atoms in total. The first-order valence-corrected chi connectivity index (χ1v) is 12.7.